The minimum Gasteiger partial charge on any atom is -0.387 e. The Morgan fingerprint density at radius 2 is 1.92 bits per heavy atom. The number of ether oxygens (including phenoxy) is 1. The molecule has 0 spiro atoms. The molecule has 3 aliphatic rings. The zero-order valence-electron chi connectivity index (χ0n) is 21.5. The van der Waals surface area contributed by atoms with Crippen LogP contribution in [0.1, 0.15) is 39.2 Å². The van der Waals surface area contributed by atoms with E-state index in [0.717, 1.165) is 25.1 Å². The summed E-state index contributed by atoms with van der Waals surface area (Å²) in [6.07, 6.45) is -1.47. The maximum absolute atomic E-state index is 12.2. The molecule has 3 fully saturated rings. The Balaban J connectivity index is 1.13. The first-order chi connectivity index (χ1) is 17.1. The van der Waals surface area contributed by atoms with Gasteiger partial charge < -0.3 is 36.6 Å². The maximum Gasteiger partial charge on any atom is 0.319 e. The number of rotatable bonds is 8. The van der Waals surface area contributed by atoms with Gasteiger partial charge in [0.2, 0.25) is 0 Å². The van der Waals surface area contributed by atoms with Gasteiger partial charge in [-0.25, -0.2) is 4.79 Å². The van der Waals surface area contributed by atoms with Crippen LogP contribution in [-0.2, 0) is 10.2 Å². The van der Waals surface area contributed by atoms with E-state index in [1.54, 1.807) is 0 Å². The number of nitrogens with two attached hydrogens (primary N) is 1. The molecule has 3 aliphatic heterocycles. The molecular weight excluding hydrogens is 462 g/mol. The lowest BCUT2D eigenvalue weighted by atomic mass is 9.87. The summed E-state index contributed by atoms with van der Waals surface area (Å²) in [7, 11) is 0. The van der Waals surface area contributed by atoms with Gasteiger partial charge in [-0.2, -0.15) is 0 Å². The SMILES string of the molecule is CC(C)(C)c1ccc(NC(=O)NCCCNC[C@H]2O[C@@H](N3CCC4C(N)NCNC43)[C@H](O)[C@@H]2O)cc1. The molecular formula is C25H43N7O4. The van der Waals surface area contributed by atoms with Crippen molar-refractivity contribution in [2.75, 3.05) is 38.2 Å². The predicted octanol–water partition coefficient (Wildman–Crippen LogP) is -0.385. The van der Waals surface area contributed by atoms with Gasteiger partial charge in [0, 0.05) is 37.9 Å². The van der Waals surface area contributed by atoms with Gasteiger partial charge in [-0.3, -0.25) is 15.5 Å². The second-order valence-corrected chi connectivity index (χ2v) is 11.1. The molecule has 0 bridgehead atoms. The summed E-state index contributed by atoms with van der Waals surface area (Å²) < 4.78 is 6.08. The van der Waals surface area contributed by atoms with Crippen molar-refractivity contribution in [2.45, 2.75) is 75.9 Å². The number of urea groups is 1. The summed E-state index contributed by atoms with van der Waals surface area (Å²) in [5.74, 6) is 0.233. The topological polar surface area (TPSA) is 156 Å². The molecule has 0 radical (unpaired) electrons. The molecule has 4 rings (SSSR count). The van der Waals surface area contributed by atoms with Crippen LogP contribution in [0.15, 0.2) is 24.3 Å². The maximum atomic E-state index is 12.2. The predicted molar refractivity (Wildman–Crippen MR) is 138 cm³/mol. The number of anilines is 1. The Hall–Kier alpha value is -1.83. The van der Waals surface area contributed by atoms with Gasteiger partial charge >= 0.3 is 6.03 Å². The minimum atomic E-state index is -0.980. The number of carbonyl (C=O) groups is 1. The molecule has 3 saturated heterocycles. The van der Waals surface area contributed by atoms with Crippen LogP contribution in [-0.4, -0.2) is 90.9 Å². The van der Waals surface area contributed by atoms with E-state index in [1.165, 1.54) is 5.56 Å². The molecule has 3 unspecified atom stereocenters. The summed E-state index contributed by atoms with van der Waals surface area (Å²) in [4.78, 5) is 14.2. The molecule has 11 heteroatoms. The number of likely N-dealkylation sites (tertiary alicyclic amines) is 1. The highest BCUT2D eigenvalue weighted by Gasteiger charge is 2.51. The molecule has 0 saturated carbocycles. The molecule has 1 aromatic carbocycles. The first-order valence-corrected chi connectivity index (χ1v) is 13.0. The lowest BCUT2D eigenvalue weighted by Gasteiger charge is -2.39. The zero-order chi connectivity index (χ0) is 25.9. The van der Waals surface area contributed by atoms with Gasteiger partial charge in [0.05, 0.1) is 12.3 Å². The van der Waals surface area contributed by atoms with Gasteiger partial charge in [-0.15, -0.1) is 0 Å². The Bertz CT molecular complexity index is 865. The fraction of sp³-hybridized carbons (Fsp3) is 0.720. The third-order valence-corrected chi connectivity index (χ3v) is 7.43. The number of aliphatic hydroxyl groups is 2. The van der Waals surface area contributed by atoms with E-state index in [2.05, 4.69) is 52.3 Å². The van der Waals surface area contributed by atoms with Crippen LogP contribution < -0.4 is 32.3 Å². The monoisotopic (exact) mass is 505 g/mol. The molecule has 202 valence electrons. The van der Waals surface area contributed by atoms with Gasteiger partial charge in [-0.05, 0) is 42.5 Å². The van der Waals surface area contributed by atoms with E-state index >= 15 is 0 Å². The van der Waals surface area contributed by atoms with E-state index < -0.39 is 24.5 Å². The molecule has 2 amide bonds. The highest BCUT2D eigenvalue weighted by atomic mass is 16.6. The van der Waals surface area contributed by atoms with Crippen LogP contribution in [0.5, 0.6) is 0 Å². The average Bonchev–Trinajstić information content (AvgIpc) is 3.38. The normalized spacial score (nSPS) is 32.9. The Morgan fingerprint density at radius 3 is 2.64 bits per heavy atom. The molecule has 7 atom stereocenters. The van der Waals surface area contributed by atoms with Crippen LogP contribution in [0, 0.1) is 5.92 Å². The van der Waals surface area contributed by atoms with Gasteiger partial charge in [0.15, 0.2) is 0 Å². The smallest absolute Gasteiger partial charge is 0.319 e. The zero-order valence-corrected chi connectivity index (χ0v) is 21.5. The van der Waals surface area contributed by atoms with Crippen molar-refractivity contribution in [3.8, 4) is 0 Å². The van der Waals surface area contributed by atoms with E-state index in [1.807, 2.05) is 24.3 Å². The van der Waals surface area contributed by atoms with Crippen molar-refractivity contribution in [1.82, 2.24) is 26.2 Å². The Morgan fingerprint density at radius 1 is 1.17 bits per heavy atom. The van der Waals surface area contributed by atoms with Gasteiger partial charge in [0.25, 0.3) is 0 Å². The first-order valence-electron chi connectivity index (χ1n) is 13.0. The molecule has 1 aromatic rings. The van der Waals surface area contributed by atoms with E-state index in [0.29, 0.717) is 26.3 Å². The fourth-order valence-electron chi connectivity index (χ4n) is 5.26. The second-order valence-electron chi connectivity index (χ2n) is 11.1. The minimum absolute atomic E-state index is 0.0217. The lowest BCUT2D eigenvalue weighted by Crippen LogP contribution is -2.64. The lowest BCUT2D eigenvalue weighted by molar-refractivity contribution is -0.105. The molecule has 9 N–H and O–H groups in total. The van der Waals surface area contributed by atoms with E-state index in [9.17, 15) is 15.0 Å². The summed E-state index contributed by atoms with van der Waals surface area (Å²) >= 11 is 0. The van der Waals surface area contributed by atoms with E-state index in [-0.39, 0.29) is 29.7 Å². The van der Waals surface area contributed by atoms with Gasteiger partial charge in [0.1, 0.15) is 24.5 Å². The molecule has 11 nitrogen and oxygen atoms in total. The number of benzene rings is 1. The number of fused-ring (bicyclic) bond motifs is 1. The Kier molecular flexibility index (Phi) is 8.84. The number of nitrogens with zero attached hydrogens (tertiary/aromatic N) is 1. The highest BCUT2D eigenvalue weighted by Crippen LogP contribution is 2.33. The van der Waals surface area contributed by atoms with Crippen molar-refractivity contribution in [1.29, 1.82) is 0 Å². The number of nitrogens with one attached hydrogen (secondary N) is 5. The van der Waals surface area contributed by atoms with Crippen molar-refractivity contribution in [3.05, 3.63) is 29.8 Å². The number of carbonyl (C=O) groups excluding carboxylic acids is 1. The van der Waals surface area contributed by atoms with Crippen LogP contribution in [0.4, 0.5) is 10.5 Å². The molecule has 3 heterocycles. The number of hydrogen-bond acceptors (Lipinski definition) is 9. The summed E-state index contributed by atoms with van der Waals surface area (Å²) in [6, 6.07) is 7.64. The average molecular weight is 506 g/mol. The number of hydrogen-bond donors (Lipinski definition) is 8. The molecule has 0 aromatic heterocycles. The Labute approximate surface area is 213 Å². The number of aliphatic hydroxyl groups excluding tert-OH is 2. The van der Waals surface area contributed by atoms with Crippen molar-refractivity contribution in [2.24, 2.45) is 11.7 Å². The summed E-state index contributed by atoms with van der Waals surface area (Å²) in [6.45, 7) is 9.38. The van der Waals surface area contributed by atoms with E-state index in [4.69, 9.17) is 10.5 Å². The van der Waals surface area contributed by atoms with Crippen LogP contribution >= 0.6 is 0 Å². The largest absolute Gasteiger partial charge is 0.387 e. The third kappa shape index (κ3) is 6.35. The number of amides is 2. The van der Waals surface area contributed by atoms with Gasteiger partial charge in [-0.1, -0.05) is 32.9 Å². The summed E-state index contributed by atoms with van der Waals surface area (Å²) in [5.41, 5.74) is 8.22. The standard InChI is InChI=1S/C25H43N7O4/c1-25(2,3)15-5-7-16(8-6-15)31-24(35)28-11-4-10-27-13-18-19(33)20(34)23(36-18)32-12-9-17-21(26)29-14-30-22(17)32/h5-8,17-23,27,29-30,33-34H,4,9-14,26H2,1-3H3,(H2,28,31,35)/t17?,18-,19-,20-,21?,22?,23-/m1/s1. The quantitative estimate of drug-likeness (QED) is 0.221. The third-order valence-electron chi connectivity index (χ3n) is 7.43. The second kappa shape index (κ2) is 11.7. The molecule has 36 heavy (non-hydrogen) atoms. The van der Waals surface area contributed by atoms with Crippen LogP contribution in [0.25, 0.3) is 0 Å². The highest BCUT2D eigenvalue weighted by molar-refractivity contribution is 5.89. The molecule has 0 aliphatic carbocycles. The van der Waals surface area contributed by atoms with Crippen molar-refractivity contribution < 1.29 is 19.7 Å². The summed E-state index contributed by atoms with van der Waals surface area (Å²) in [5, 5.41) is 36.8. The van der Waals surface area contributed by atoms with Crippen molar-refractivity contribution in [3.63, 3.8) is 0 Å². The first kappa shape index (κ1) is 27.2. The van der Waals surface area contributed by atoms with Crippen LogP contribution in [0.2, 0.25) is 0 Å². The van der Waals surface area contributed by atoms with Crippen LogP contribution in [0.3, 0.4) is 0 Å². The van der Waals surface area contributed by atoms with Crippen molar-refractivity contribution >= 4 is 11.7 Å². The fourth-order valence-corrected chi connectivity index (χ4v) is 5.26.